The Hall–Kier alpha value is -2.19. The van der Waals surface area contributed by atoms with Crippen molar-refractivity contribution in [2.45, 2.75) is 10.1 Å². The monoisotopic (exact) mass is 330 g/mol. The molecule has 0 radical (unpaired) electrons. The Morgan fingerprint density at radius 1 is 1.13 bits per heavy atom. The van der Waals surface area contributed by atoms with Crippen LogP contribution in [0.4, 0.5) is 5.95 Å². The van der Waals surface area contributed by atoms with Gasteiger partial charge in [0.1, 0.15) is 6.33 Å². The second-order valence-corrected chi connectivity index (χ2v) is 6.39. The molecule has 0 atom stereocenters. The van der Waals surface area contributed by atoms with Gasteiger partial charge in [0.15, 0.2) is 5.16 Å². The fourth-order valence-corrected chi connectivity index (χ4v) is 3.03. The number of nitrogens with zero attached hydrogens (tertiary/aromatic N) is 5. The molecule has 23 heavy (non-hydrogen) atoms. The van der Waals surface area contributed by atoms with Crippen LogP contribution >= 0.6 is 11.8 Å². The standard InChI is InChI=1S/C15H18N6OS/c1-20-6-8-21(9-7-20)13(22)11-2-4-12(5-3-11)23-15-18-10-17-14(16)19-15/h2-5,10H,6-9H2,1H3,(H2,16,17,18,19). The highest BCUT2D eigenvalue weighted by atomic mass is 32.2. The number of rotatable bonds is 3. The van der Waals surface area contributed by atoms with Crippen LogP contribution in [0.3, 0.4) is 0 Å². The molecule has 1 aliphatic rings. The minimum Gasteiger partial charge on any atom is -0.368 e. The van der Waals surface area contributed by atoms with E-state index in [1.807, 2.05) is 29.2 Å². The number of carbonyl (C=O) groups excluding carboxylic acids is 1. The van der Waals surface area contributed by atoms with Crippen LogP contribution in [-0.2, 0) is 0 Å². The zero-order valence-electron chi connectivity index (χ0n) is 12.8. The van der Waals surface area contributed by atoms with E-state index in [2.05, 4.69) is 26.9 Å². The first kappa shape index (κ1) is 15.7. The molecule has 8 heteroatoms. The molecule has 2 aromatic rings. The molecule has 2 N–H and O–H groups in total. The third-order valence-electron chi connectivity index (χ3n) is 3.67. The summed E-state index contributed by atoms with van der Waals surface area (Å²) in [5.74, 6) is 0.281. The lowest BCUT2D eigenvalue weighted by atomic mass is 10.2. The third-order valence-corrected chi connectivity index (χ3v) is 4.56. The van der Waals surface area contributed by atoms with Gasteiger partial charge < -0.3 is 15.5 Å². The molecule has 0 spiro atoms. The summed E-state index contributed by atoms with van der Waals surface area (Å²) < 4.78 is 0. The van der Waals surface area contributed by atoms with Gasteiger partial charge in [0.25, 0.3) is 5.91 Å². The van der Waals surface area contributed by atoms with Gasteiger partial charge in [-0.3, -0.25) is 4.79 Å². The van der Waals surface area contributed by atoms with Crippen molar-refractivity contribution in [1.29, 1.82) is 0 Å². The molecule has 120 valence electrons. The van der Waals surface area contributed by atoms with E-state index in [0.29, 0.717) is 10.7 Å². The Bertz CT molecular complexity index is 685. The number of hydrogen-bond acceptors (Lipinski definition) is 7. The van der Waals surface area contributed by atoms with E-state index in [4.69, 9.17) is 5.73 Å². The van der Waals surface area contributed by atoms with Crippen molar-refractivity contribution in [3.63, 3.8) is 0 Å². The van der Waals surface area contributed by atoms with Crippen LogP contribution in [0.15, 0.2) is 40.6 Å². The Balaban J connectivity index is 1.66. The van der Waals surface area contributed by atoms with E-state index in [9.17, 15) is 4.79 Å². The first-order valence-corrected chi connectivity index (χ1v) is 8.14. The quantitative estimate of drug-likeness (QED) is 0.898. The van der Waals surface area contributed by atoms with Crippen LogP contribution in [0.5, 0.6) is 0 Å². The van der Waals surface area contributed by atoms with Crippen LogP contribution in [0.25, 0.3) is 0 Å². The average Bonchev–Trinajstić information content (AvgIpc) is 2.56. The molecule has 1 fully saturated rings. The van der Waals surface area contributed by atoms with E-state index < -0.39 is 0 Å². The van der Waals surface area contributed by atoms with Crippen LogP contribution in [0.1, 0.15) is 10.4 Å². The summed E-state index contributed by atoms with van der Waals surface area (Å²) in [6.07, 6.45) is 1.38. The van der Waals surface area contributed by atoms with Crippen molar-refractivity contribution in [2.24, 2.45) is 0 Å². The van der Waals surface area contributed by atoms with Crippen molar-refractivity contribution in [2.75, 3.05) is 39.0 Å². The molecular weight excluding hydrogens is 312 g/mol. The molecule has 7 nitrogen and oxygen atoms in total. The molecule has 1 aliphatic heterocycles. The van der Waals surface area contributed by atoms with Gasteiger partial charge in [0, 0.05) is 36.6 Å². The normalized spacial score (nSPS) is 15.6. The number of aromatic nitrogens is 3. The lowest BCUT2D eigenvalue weighted by molar-refractivity contribution is 0.0664. The van der Waals surface area contributed by atoms with Crippen LogP contribution in [0, 0.1) is 0 Å². The maximum atomic E-state index is 12.5. The van der Waals surface area contributed by atoms with Gasteiger partial charge in [-0.15, -0.1) is 0 Å². The summed E-state index contributed by atoms with van der Waals surface area (Å²) >= 11 is 1.38. The molecule has 0 bridgehead atoms. The molecule has 1 saturated heterocycles. The summed E-state index contributed by atoms with van der Waals surface area (Å²) in [6.45, 7) is 3.38. The zero-order chi connectivity index (χ0) is 16.2. The van der Waals surface area contributed by atoms with Gasteiger partial charge in [-0.1, -0.05) is 0 Å². The Morgan fingerprint density at radius 2 is 1.83 bits per heavy atom. The number of anilines is 1. The number of piperazine rings is 1. The van der Waals surface area contributed by atoms with Crippen LogP contribution in [0.2, 0.25) is 0 Å². The Kier molecular flexibility index (Phi) is 4.73. The number of carbonyl (C=O) groups is 1. The second kappa shape index (κ2) is 6.93. The maximum Gasteiger partial charge on any atom is 0.253 e. The van der Waals surface area contributed by atoms with Gasteiger partial charge >= 0.3 is 0 Å². The molecule has 0 saturated carbocycles. The van der Waals surface area contributed by atoms with Gasteiger partial charge in [-0.05, 0) is 43.1 Å². The van der Waals surface area contributed by atoms with Gasteiger partial charge in [0.2, 0.25) is 5.95 Å². The number of hydrogen-bond donors (Lipinski definition) is 1. The second-order valence-electron chi connectivity index (χ2n) is 5.35. The van der Waals surface area contributed by atoms with Crippen LogP contribution < -0.4 is 5.73 Å². The predicted molar refractivity (Wildman–Crippen MR) is 88.2 cm³/mol. The Morgan fingerprint density at radius 3 is 2.48 bits per heavy atom. The smallest absolute Gasteiger partial charge is 0.253 e. The highest BCUT2D eigenvalue weighted by Gasteiger charge is 2.20. The zero-order valence-corrected chi connectivity index (χ0v) is 13.7. The van der Waals surface area contributed by atoms with E-state index in [1.54, 1.807) is 0 Å². The van der Waals surface area contributed by atoms with Crippen molar-refractivity contribution >= 4 is 23.6 Å². The first-order valence-electron chi connectivity index (χ1n) is 7.32. The van der Waals surface area contributed by atoms with E-state index in [0.717, 1.165) is 31.1 Å². The number of benzene rings is 1. The molecule has 1 aromatic carbocycles. The van der Waals surface area contributed by atoms with Gasteiger partial charge in [-0.2, -0.15) is 4.98 Å². The summed E-state index contributed by atoms with van der Waals surface area (Å²) in [6, 6.07) is 7.48. The molecule has 1 aromatic heterocycles. The van der Waals surface area contributed by atoms with Crippen molar-refractivity contribution in [1.82, 2.24) is 24.8 Å². The molecule has 0 aliphatic carbocycles. The van der Waals surface area contributed by atoms with Gasteiger partial charge in [-0.25, -0.2) is 9.97 Å². The minimum atomic E-state index is 0.0825. The lowest BCUT2D eigenvalue weighted by Gasteiger charge is -2.32. The highest BCUT2D eigenvalue weighted by Crippen LogP contribution is 2.25. The summed E-state index contributed by atoms with van der Waals surface area (Å²) in [4.78, 5) is 29.4. The van der Waals surface area contributed by atoms with Crippen molar-refractivity contribution in [3.05, 3.63) is 36.2 Å². The number of amides is 1. The molecule has 1 amide bonds. The molecule has 2 heterocycles. The van der Waals surface area contributed by atoms with Crippen molar-refractivity contribution < 1.29 is 4.79 Å². The molecular formula is C15H18N6OS. The van der Waals surface area contributed by atoms with E-state index in [1.165, 1.54) is 18.1 Å². The number of nitrogen functional groups attached to an aromatic ring is 1. The van der Waals surface area contributed by atoms with Crippen molar-refractivity contribution in [3.8, 4) is 0 Å². The third kappa shape index (κ3) is 3.96. The SMILES string of the molecule is CN1CCN(C(=O)c2ccc(Sc3ncnc(N)n3)cc2)CC1. The van der Waals surface area contributed by atoms with E-state index >= 15 is 0 Å². The topological polar surface area (TPSA) is 88.2 Å². The molecule has 3 rings (SSSR count). The Labute approximate surface area is 138 Å². The number of likely N-dealkylation sites (N-methyl/N-ethyl adjacent to an activating group) is 1. The van der Waals surface area contributed by atoms with E-state index in [-0.39, 0.29) is 11.9 Å². The minimum absolute atomic E-state index is 0.0825. The molecule has 0 unspecified atom stereocenters. The average molecular weight is 330 g/mol. The highest BCUT2D eigenvalue weighted by molar-refractivity contribution is 7.99. The fourth-order valence-electron chi connectivity index (χ4n) is 2.31. The fraction of sp³-hybridized carbons (Fsp3) is 0.333. The largest absolute Gasteiger partial charge is 0.368 e. The predicted octanol–water partition coefficient (Wildman–Crippen LogP) is 0.993. The number of nitrogens with two attached hydrogens (primary N) is 1. The lowest BCUT2D eigenvalue weighted by Crippen LogP contribution is -2.47. The maximum absolute atomic E-state index is 12.5. The van der Waals surface area contributed by atoms with Crippen LogP contribution in [-0.4, -0.2) is 63.9 Å². The summed E-state index contributed by atoms with van der Waals surface area (Å²) in [7, 11) is 2.07. The van der Waals surface area contributed by atoms with Gasteiger partial charge in [0.05, 0.1) is 0 Å². The summed E-state index contributed by atoms with van der Waals surface area (Å²) in [5, 5.41) is 0.538. The summed E-state index contributed by atoms with van der Waals surface area (Å²) in [5.41, 5.74) is 6.24. The first-order chi connectivity index (χ1) is 11.1.